The third-order valence-corrected chi connectivity index (χ3v) is 6.46. The smallest absolute Gasteiger partial charge is 0.244 e. The van der Waals surface area contributed by atoms with Crippen LogP contribution in [0.5, 0.6) is 0 Å². The topological polar surface area (TPSA) is 45.4 Å². The van der Waals surface area contributed by atoms with Crippen molar-refractivity contribution in [3.63, 3.8) is 0 Å². The average Bonchev–Trinajstić information content (AvgIpc) is 3.37. The minimum absolute atomic E-state index is 0.0118. The zero-order chi connectivity index (χ0) is 23.5. The Morgan fingerprint density at radius 3 is 1.82 bits per heavy atom. The summed E-state index contributed by atoms with van der Waals surface area (Å²) in [5.41, 5.74) is 2.90. The zero-order valence-electron chi connectivity index (χ0n) is 18.9. The molecule has 0 aliphatic carbocycles. The van der Waals surface area contributed by atoms with Gasteiger partial charge in [0.2, 0.25) is 11.7 Å². The number of rotatable bonds is 6. The van der Waals surface area contributed by atoms with Crippen LogP contribution in [-0.2, 0) is 0 Å². The van der Waals surface area contributed by atoms with E-state index in [1.54, 1.807) is 0 Å². The van der Waals surface area contributed by atoms with E-state index in [0.29, 0.717) is 11.7 Å². The van der Waals surface area contributed by atoms with Gasteiger partial charge in [-0.2, -0.15) is 4.98 Å². The van der Waals surface area contributed by atoms with Gasteiger partial charge in [-0.05, 0) is 42.3 Å². The number of benzene rings is 3. The van der Waals surface area contributed by atoms with Crippen LogP contribution in [0, 0.1) is 11.6 Å². The third-order valence-electron chi connectivity index (χ3n) is 6.46. The van der Waals surface area contributed by atoms with Crippen molar-refractivity contribution in [3.8, 4) is 11.4 Å². The molecule has 1 unspecified atom stereocenters. The predicted octanol–water partition coefficient (Wildman–Crippen LogP) is 5.48. The van der Waals surface area contributed by atoms with Gasteiger partial charge in [-0.3, -0.25) is 9.80 Å². The lowest BCUT2D eigenvalue weighted by Crippen LogP contribution is -2.48. The number of halogens is 2. The summed E-state index contributed by atoms with van der Waals surface area (Å²) in [5, 5.41) is 4.15. The molecule has 7 heteroatoms. The lowest BCUT2D eigenvalue weighted by Gasteiger charge is -2.41. The highest BCUT2D eigenvalue weighted by Crippen LogP contribution is 2.31. The van der Waals surface area contributed by atoms with Crippen molar-refractivity contribution >= 4 is 0 Å². The Labute approximate surface area is 197 Å². The van der Waals surface area contributed by atoms with Crippen LogP contribution in [-0.4, -0.2) is 46.1 Å². The van der Waals surface area contributed by atoms with E-state index < -0.39 is 0 Å². The van der Waals surface area contributed by atoms with E-state index in [0.717, 1.165) is 42.9 Å². The van der Waals surface area contributed by atoms with Crippen LogP contribution in [0.4, 0.5) is 8.78 Å². The third kappa shape index (κ3) is 4.76. The average molecular weight is 461 g/mol. The first-order valence-corrected chi connectivity index (χ1v) is 11.5. The molecule has 1 saturated heterocycles. The Hall–Kier alpha value is -3.42. The number of hydrogen-bond donors (Lipinski definition) is 0. The van der Waals surface area contributed by atoms with E-state index >= 15 is 0 Å². The molecule has 1 fully saturated rings. The minimum Gasteiger partial charge on any atom is -0.337 e. The van der Waals surface area contributed by atoms with E-state index in [1.165, 1.54) is 24.3 Å². The second kappa shape index (κ2) is 9.83. The van der Waals surface area contributed by atoms with Crippen LogP contribution in [0.25, 0.3) is 11.4 Å². The van der Waals surface area contributed by atoms with Crippen molar-refractivity contribution in [2.75, 3.05) is 26.2 Å². The molecule has 0 saturated carbocycles. The predicted molar refractivity (Wildman–Crippen MR) is 126 cm³/mol. The van der Waals surface area contributed by atoms with Crippen molar-refractivity contribution in [2.45, 2.75) is 19.0 Å². The number of hydrogen-bond acceptors (Lipinski definition) is 5. The van der Waals surface area contributed by atoms with Crippen molar-refractivity contribution in [1.29, 1.82) is 0 Å². The summed E-state index contributed by atoms with van der Waals surface area (Å²) in [4.78, 5) is 9.30. The van der Waals surface area contributed by atoms with Gasteiger partial charge < -0.3 is 4.52 Å². The van der Waals surface area contributed by atoms with Crippen LogP contribution < -0.4 is 0 Å². The molecule has 2 heterocycles. The first-order valence-electron chi connectivity index (χ1n) is 11.5. The maximum atomic E-state index is 13.6. The summed E-state index contributed by atoms with van der Waals surface area (Å²) in [6.07, 6.45) is 0. The SMILES string of the molecule is CC(c1nc(-c2ccccc2)no1)N1CCN(C(c2ccc(F)cc2)c2ccc(F)cc2)CC1. The molecule has 174 valence electrons. The fourth-order valence-corrected chi connectivity index (χ4v) is 4.55. The largest absolute Gasteiger partial charge is 0.337 e. The highest BCUT2D eigenvalue weighted by Gasteiger charge is 2.30. The Balaban J connectivity index is 1.31. The molecule has 34 heavy (non-hydrogen) atoms. The summed E-state index contributed by atoms with van der Waals surface area (Å²) >= 11 is 0. The molecule has 0 spiro atoms. The number of piperazine rings is 1. The maximum absolute atomic E-state index is 13.6. The van der Waals surface area contributed by atoms with Gasteiger partial charge in [-0.15, -0.1) is 0 Å². The molecular formula is C27H26F2N4O. The highest BCUT2D eigenvalue weighted by atomic mass is 19.1. The van der Waals surface area contributed by atoms with E-state index in [-0.39, 0.29) is 23.7 Å². The second-order valence-corrected chi connectivity index (χ2v) is 8.58. The molecule has 1 aromatic heterocycles. The normalized spacial score (nSPS) is 16.1. The highest BCUT2D eigenvalue weighted by molar-refractivity contribution is 5.53. The Morgan fingerprint density at radius 2 is 1.26 bits per heavy atom. The fourth-order valence-electron chi connectivity index (χ4n) is 4.55. The molecule has 0 radical (unpaired) electrons. The number of aromatic nitrogens is 2. The fraction of sp³-hybridized carbons (Fsp3) is 0.259. The minimum atomic E-state index is -0.269. The van der Waals surface area contributed by atoms with Crippen LogP contribution in [0.2, 0.25) is 0 Å². The second-order valence-electron chi connectivity index (χ2n) is 8.58. The van der Waals surface area contributed by atoms with Gasteiger partial charge in [0.25, 0.3) is 0 Å². The van der Waals surface area contributed by atoms with Gasteiger partial charge >= 0.3 is 0 Å². The van der Waals surface area contributed by atoms with E-state index in [4.69, 9.17) is 4.52 Å². The first-order chi connectivity index (χ1) is 16.6. The van der Waals surface area contributed by atoms with Gasteiger partial charge in [0.1, 0.15) is 11.6 Å². The molecule has 1 atom stereocenters. The van der Waals surface area contributed by atoms with E-state index in [1.807, 2.05) is 54.6 Å². The molecule has 1 aliphatic heterocycles. The van der Waals surface area contributed by atoms with Crippen LogP contribution in [0.3, 0.4) is 0 Å². The maximum Gasteiger partial charge on any atom is 0.244 e. The summed E-state index contributed by atoms with van der Waals surface area (Å²) in [5.74, 6) is 0.652. The molecule has 0 N–H and O–H groups in total. The summed E-state index contributed by atoms with van der Waals surface area (Å²) < 4.78 is 32.7. The Bertz CT molecular complexity index is 1160. The quantitative estimate of drug-likeness (QED) is 0.381. The summed E-state index contributed by atoms with van der Waals surface area (Å²) in [6.45, 7) is 5.29. The standard InChI is InChI=1S/C27H26F2N4O/c1-19(27-30-26(31-34-27)22-5-3-2-4-6-22)32-15-17-33(18-16-32)25(20-7-11-23(28)12-8-20)21-9-13-24(29)14-10-21/h2-14,19,25H,15-18H2,1H3. The van der Waals surface area contributed by atoms with E-state index in [2.05, 4.69) is 26.9 Å². The van der Waals surface area contributed by atoms with Gasteiger partial charge in [0, 0.05) is 31.7 Å². The summed E-state index contributed by atoms with van der Waals surface area (Å²) in [6, 6.07) is 22.8. The molecule has 0 amide bonds. The lowest BCUT2D eigenvalue weighted by atomic mass is 9.96. The van der Waals surface area contributed by atoms with Crippen LogP contribution >= 0.6 is 0 Å². The van der Waals surface area contributed by atoms with Gasteiger partial charge in [0.15, 0.2) is 0 Å². The van der Waals surface area contributed by atoms with Crippen LogP contribution in [0.1, 0.15) is 36.0 Å². The Morgan fingerprint density at radius 1 is 0.735 bits per heavy atom. The molecule has 3 aromatic carbocycles. The molecule has 4 aromatic rings. The van der Waals surface area contributed by atoms with Gasteiger partial charge in [-0.1, -0.05) is 59.8 Å². The van der Waals surface area contributed by atoms with Crippen molar-refractivity contribution in [3.05, 3.63) is 108 Å². The van der Waals surface area contributed by atoms with Gasteiger partial charge in [-0.25, -0.2) is 8.78 Å². The molecule has 5 rings (SSSR count). The zero-order valence-corrected chi connectivity index (χ0v) is 18.9. The van der Waals surface area contributed by atoms with Crippen molar-refractivity contribution in [1.82, 2.24) is 19.9 Å². The molecule has 1 aliphatic rings. The Kier molecular flexibility index (Phi) is 6.47. The summed E-state index contributed by atoms with van der Waals surface area (Å²) in [7, 11) is 0. The first kappa shape index (κ1) is 22.4. The lowest BCUT2D eigenvalue weighted by molar-refractivity contribution is 0.0726. The molecule has 5 nitrogen and oxygen atoms in total. The molecular weight excluding hydrogens is 434 g/mol. The number of nitrogens with zero attached hydrogens (tertiary/aromatic N) is 4. The van der Waals surface area contributed by atoms with E-state index in [9.17, 15) is 8.78 Å². The van der Waals surface area contributed by atoms with Gasteiger partial charge in [0.05, 0.1) is 12.1 Å². The van der Waals surface area contributed by atoms with Crippen molar-refractivity contribution < 1.29 is 13.3 Å². The van der Waals surface area contributed by atoms with Crippen molar-refractivity contribution in [2.24, 2.45) is 0 Å². The monoisotopic (exact) mass is 460 g/mol. The molecule has 0 bridgehead atoms. The van der Waals surface area contributed by atoms with Crippen LogP contribution in [0.15, 0.2) is 83.4 Å².